The maximum Gasteiger partial charge on any atom is 0.306 e. The first kappa shape index (κ1) is 28.3. The van der Waals surface area contributed by atoms with E-state index in [2.05, 4.69) is 20.7 Å². The first-order valence-corrected chi connectivity index (χ1v) is 13.7. The maximum absolute atomic E-state index is 15.3. The van der Waals surface area contributed by atoms with Crippen molar-refractivity contribution >= 4 is 57.1 Å². The van der Waals surface area contributed by atoms with Crippen LogP contribution >= 0.6 is 22.9 Å². The Kier molecular flexibility index (Phi) is 8.42. The smallest absolute Gasteiger partial charge is 0.306 e. The lowest BCUT2D eigenvalue weighted by molar-refractivity contribution is -0.155. The average Bonchev–Trinajstić information content (AvgIpc) is 3.49. The number of nitriles is 1. The summed E-state index contributed by atoms with van der Waals surface area (Å²) in [5, 5.41) is 21.3. The normalized spacial score (nSPS) is 13.1. The summed E-state index contributed by atoms with van der Waals surface area (Å²) in [6, 6.07) is 11.9. The van der Waals surface area contributed by atoms with E-state index in [9.17, 15) is 10.1 Å². The molecule has 2 N–H and O–H groups in total. The van der Waals surface area contributed by atoms with Crippen LogP contribution in [0.15, 0.2) is 42.6 Å². The van der Waals surface area contributed by atoms with Crippen LogP contribution in [0.1, 0.15) is 57.5 Å². The van der Waals surface area contributed by atoms with E-state index in [1.165, 1.54) is 11.3 Å². The molecule has 1 aromatic carbocycles. The van der Waals surface area contributed by atoms with Crippen LogP contribution in [0.25, 0.3) is 10.9 Å². The minimum Gasteiger partial charge on any atom is -0.460 e. The lowest BCUT2D eigenvalue weighted by Crippen LogP contribution is -2.27. The first-order chi connectivity index (χ1) is 18.5. The van der Waals surface area contributed by atoms with Crippen molar-refractivity contribution in [2.24, 2.45) is 5.92 Å². The molecule has 0 bridgehead atoms. The number of anilines is 3. The highest BCUT2D eigenvalue weighted by Crippen LogP contribution is 2.37. The fourth-order valence-electron chi connectivity index (χ4n) is 4.26. The van der Waals surface area contributed by atoms with E-state index in [4.69, 9.17) is 16.3 Å². The molecule has 8 nitrogen and oxygen atoms in total. The maximum atomic E-state index is 15.3. The molecule has 3 aromatic heterocycles. The van der Waals surface area contributed by atoms with Crippen LogP contribution in [-0.2, 0) is 16.1 Å². The summed E-state index contributed by atoms with van der Waals surface area (Å²) in [7, 11) is 0. The molecular formula is C28H30ClFN6O2S. The molecule has 0 aliphatic rings. The third-order valence-corrected chi connectivity index (χ3v) is 7.32. The van der Waals surface area contributed by atoms with Crippen molar-refractivity contribution in [3.63, 3.8) is 0 Å². The SMILES string of the molecule is CCn1ncc2c(Nc3nc(N[C@H](c4ccc(Cl)s4)[C@H](C)CC(=O)OC(C)(C)C)c(F)cc3C#N)cccc21. The van der Waals surface area contributed by atoms with Gasteiger partial charge in [0.2, 0.25) is 0 Å². The van der Waals surface area contributed by atoms with E-state index in [1.54, 1.807) is 12.3 Å². The third-order valence-electron chi connectivity index (χ3n) is 6.01. The summed E-state index contributed by atoms with van der Waals surface area (Å²) in [5.41, 5.74) is 1.04. The van der Waals surface area contributed by atoms with Gasteiger partial charge in [-0.1, -0.05) is 24.6 Å². The van der Waals surface area contributed by atoms with Crippen LogP contribution in [0.3, 0.4) is 0 Å². The van der Waals surface area contributed by atoms with E-state index in [0.717, 1.165) is 21.8 Å². The minimum atomic E-state index is -0.689. The molecule has 0 radical (unpaired) electrons. The summed E-state index contributed by atoms with van der Waals surface area (Å²) in [6.07, 6.45) is 1.84. The zero-order valence-corrected chi connectivity index (χ0v) is 24.0. The van der Waals surface area contributed by atoms with Gasteiger partial charge in [-0.2, -0.15) is 10.4 Å². The number of esters is 1. The number of halogens is 2. The monoisotopic (exact) mass is 568 g/mol. The van der Waals surface area contributed by atoms with Crippen LogP contribution in [0.2, 0.25) is 4.34 Å². The van der Waals surface area contributed by atoms with Gasteiger partial charge in [-0.15, -0.1) is 11.3 Å². The Morgan fingerprint density at radius 1 is 1.28 bits per heavy atom. The van der Waals surface area contributed by atoms with Gasteiger partial charge in [0.05, 0.1) is 39.8 Å². The van der Waals surface area contributed by atoms with E-state index in [-0.39, 0.29) is 35.5 Å². The highest BCUT2D eigenvalue weighted by Gasteiger charge is 2.28. The van der Waals surface area contributed by atoms with Crippen LogP contribution in [0.4, 0.5) is 21.7 Å². The lowest BCUT2D eigenvalue weighted by atomic mass is 9.96. The van der Waals surface area contributed by atoms with E-state index in [1.807, 2.05) is 69.6 Å². The fourth-order valence-corrected chi connectivity index (χ4v) is 5.51. The standard InChI is InChI=1S/C28H30ClFN6O2S/c1-6-36-21-9-7-8-20(18(21)15-32-36)33-26-17(14-31)13-19(30)27(35-26)34-25(22-10-11-23(29)39-22)16(2)12-24(37)38-28(3,4)5/h7-11,13,15-16,25H,6,12H2,1-5H3,(H2,33,34,35)/t16-,25+/m1/s1. The van der Waals surface area contributed by atoms with Crippen molar-refractivity contribution in [1.82, 2.24) is 14.8 Å². The van der Waals surface area contributed by atoms with E-state index in [0.29, 0.717) is 16.6 Å². The number of pyridine rings is 1. The average molecular weight is 569 g/mol. The van der Waals surface area contributed by atoms with Gasteiger partial charge in [0.25, 0.3) is 0 Å². The zero-order chi connectivity index (χ0) is 28.3. The number of hydrogen-bond donors (Lipinski definition) is 2. The number of nitrogens with one attached hydrogen (secondary N) is 2. The molecular weight excluding hydrogens is 539 g/mol. The molecule has 0 unspecified atom stereocenters. The van der Waals surface area contributed by atoms with Gasteiger partial charge in [-0.05, 0) is 63.9 Å². The van der Waals surface area contributed by atoms with Crippen LogP contribution in [0, 0.1) is 23.1 Å². The minimum absolute atomic E-state index is 0.0513. The molecule has 4 aromatic rings. The number of fused-ring (bicyclic) bond motifs is 1. The summed E-state index contributed by atoms with van der Waals surface area (Å²) < 4.78 is 23.2. The van der Waals surface area contributed by atoms with Gasteiger partial charge in [-0.3, -0.25) is 9.48 Å². The predicted molar refractivity (Wildman–Crippen MR) is 153 cm³/mol. The Labute approximate surface area is 235 Å². The number of carbonyl (C=O) groups excluding carboxylic acids is 1. The molecule has 4 rings (SSSR count). The van der Waals surface area contributed by atoms with Crippen molar-refractivity contribution in [3.05, 3.63) is 63.2 Å². The summed E-state index contributed by atoms with van der Waals surface area (Å²) in [4.78, 5) is 17.9. The third kappa shape index (κ3) is 6.67. The van der Waals surface area contributed by atoms with Crippen LogP contribution in [0.5, 0.6) is 0 Å². The first-order valence-electron chi connectivity index (χ1n) is 12.5. The second-order valence-corrected chi connectivity index (χ2v) is 11.9. The van der Waals surface area contributed by atoms with Crippen LogP contribution < -0.4 is 10.6 Å². The number of nitrogens with zero attached hydrogens (tertiary/aromatic N) is 4. The highest BCUT2D eigenvalue weighted by molar-refractivity contribution is 7.16. The Bertz CT molecular complexity index is 1540. The van der Waals surface area contributed by atoms with Gasteiger partial charge in [0.1, 0.15) is 11.7 Å². The molecule has 2 atom stereocenters. The number of hydrogen-bond acceptors (Lipinski definition) is 8. The Balaban J connectivity index is 1.67. The van der Waals surface area contributed by atoms with Gasteiger partial charge in [0.15, 0.2) is 17.5 Å². The van der Waals surface area contributed by atoms with Crippen LogP contribution in [-0.4, -0.2) is 26.3 Å². The molecule has 0 fully saturated rings. The van der Waals surface area contributed by atoms with Gasteiger partial charge < -0.3 is 15.4 Å². The summed E-state index contributed by atoms with van der Waals surface area (Å²) >= 11 is 7.54. The lowest BCUT2D eigenvalue weighted by Gasteiger charge is -2.26. The summed E-state index contributed by atoms with van der Waals surface area (Å²) in [5.74, 6) is -1.21. The van der Waals surface area contributed by atoms with Gasteiger partial charge in [0, 0.05) is 16.8 Å². The molecule has 39 heavy (non-hydrogen) atoms. The molecule has 0 saturated carbocycles. The predicted octanol–water partition coefficient (Wildman–Crippen LogP) is 7.44. The molecule has 0 amide bonds. The second kappa shape index (κ2) is 11.6. The van der Waals surface area contributed by atoms with Crippen molar-refractivity contribution in [2.75, 3.05) is 10.6 Å². The second-order valence-electron chi connectivity index (χ2n) is 10.2. The Morgan fingerprint density at radius 2 is 2.05 bits per heavy atom. The van der Waals surface area contributed by atoms with Crippen molar-refractivity contribution in [3.8, 4) is 6.07 Å². The molecule has 0 saturated heterocycles. The highest BCUT2D eigenvalue weighted by atomic mass is 35.5. The van der Waals surface area contributed by atoms with Crippen molar-refractivity contribution < 1.29 is 13.9 Å². The number of carbonyl (C=O) groups is 1. The van der Waals surface area contributed by atoms with E-state index < -0.39 is 17.5 Å². The number of ether oxygens (including phenoxy) is 1. The van der Waals surface area contributed by atoms with Crippen molar-refractivity contribution in [1.29, 1.82) is 5.26 Å². The number of aryl methyl sites for hydroxylation is 1. The quantitative estimate of drug-likeness (QED) is 0.202. The van der Waals surface area contributed by atoms with Gasteiger partial charge in [-0.25, -0.2) is 9.37 Å². The number of benzene rings is 1. The number of rotatable bonds is 9. The number of aromatic nitrogens is 3. The van der Waals surface area contributed by atoms with E-state index >= 15 is 4.39 Å². The molecule has 0 aliphatic carbocycles. The molecule has 0 aliphatic heterocycles. The largest absolute Gasteiger partial charge is 0.460 e. The zero-order valence-electron chi connectivity index (χ0n) is 22.4. The summed E-state index contributed by atoms with van der Waals surface area (Å²) in [6.45, 7) is 10.0. The number of thiophene rings is 1. The Morgan fingerprint density at radius 3 is 2.69 bits per heavy atom. The molecule has 204 valence electrons. The fraction of sp³-hybridized carbons (Fsp3) is 0.357. The molecule has 0 spiro atoms. The molecule has 3 heterocycles. The van der Waals surface area contributed by atoms with Crippen molar-refractivity contribution in [2.45, 2.75) is 59.2 Å². The molecule has 11 heteroatoms. The Hall–Kier alpha value is -3.68. The topological polar surface area (TPSA) is 105 Å². The van der Waals surface area contributed by atoms with Gasteiger partial charge >= 0.3 is 5.97 Å².